The molecule has 23 heavy (non-hydrogen) atoms. The van der Waals surface area contributed by atoms with Gasteiger partial charge in [0.15, 0.2) is 17.5 Å². The highest BCUT2D eigenvalue weighted by Crippen LogP contribution is 2.26. The van der Waals surface area contributed by atoms with Crippen molar-refractivity contribution in [3.63, 3.8) is 0 Å². The van der Waals surface area contributed by atoms with Crippen LogP contribution in [-0.4, -0.2) is 51.3 Å². The molecular formula is C17H29N3O2S. The predicted molar refractivity (Wildman–Crippen MR) is 100 cm³/mol. The predicted octanol–water partition coefficient (Wildman–Crippen LogP) is 2.77. The zero-order chi connectivity index (χ0) is 16.9. The normalized spacial score (nSPS) is 12.6. The van der Waals surface area contributed by atoms with Crippen LogP contribution >= 0.6 is 11.8 Å². The lowest BCUT2D eigenvalue weighted by molar-refractivity contribution is 0.213. The number of hydrogen-bond acceptors (Lipinski definition) is 4. The minimum Gasteiger partial charge on any atom is -0.493 e. The molecule has 5 nitrogen and oxygen atoms in total. The fraction of sp³-hybridized carbons (Fsp3) is 0.588. The first kappa shape index (κ1) is 19.5. The summed E-state index contributed by atoms with van der Waals surface area (Å²) in [5.41, 5.74) is 0. The third-order valence-corrected chi connectivity index (χ3v) is 3.94. The van der Waals surface area contributed by atoms with Gasteiger partial charge in [-0.3, -0.25) is 4.99 Å². The maximum atomic E-state index is 5.92. The number of nitrogens with one attached hydrogen (secondary N) is 2. The van der Waals surface area contributed by atoms with Gasteiger partial charge in [0.05, 0.1) is 13.7 Å². The summed E-state index contributed by atoms with van der Waals surface area (Å²) in [7, 11) is 3.43. The number of guanidine groups is 1. The Morgan fingerprint density at radius 1 is 1.22 bits per heavy atom. The Labute approximate surface area is 144 Å². The Kier molecular flexibility index (Phi) is 10.1. The summed E-state index contributed by atoms with van der Waals surface area (Å²) in [6.07, 6.45) is 4.51. The Balaban J connectivity index is 2.31. The molecule has 0 aliphatic carbocycles. The molecule has 0 radical (unpaired) electrons. The van der Waals surface area contributed by atoms with Crippen LogP contribution in [0.5, 0.6) is 11.5 Å². The number of nitrogens with zero attached hydrogens (tertiary/aromatic N) is 1. The van der Waals surface area contributed by atoms with E-state index >= 15 is 0 Å². The number of ether oxygens (including phenoxy) is 2. The lowest BCUT2D eigenvalue weighted by Crippen LogP contribution is -2.42. The second kappa shape index (κ2) is 11.9. The second-order valence-corrected chi connectivity index (χ2v) is 6.14. The molecule has 0 fully saturated rings. The number of benzene rings is 1. The van der Waals surface area contributed by atoms with Crippen molar-refractivity contribution in [2.45, 2.75) is 25.9 Å². The van der Waals surface area contributed by atoms with Crippen LogP contribution in [0.1, 0.15) is 19.8 Å². The molecule has 1 unspecified atom stereocenters. The van der Waals surface area contributed by atoms with Gasteiger partial charge < -0.3 is 20.1 Å². The maximum absolute atomic E-state index is 5.92. The average Bonchev–Trinajstić information content (AvgIpc) is 2.58. The van der Waals surface area contributed by atoms with Gasteiger partial charge in [0.1, 0.15) is 6.10 Å². The summed E-state index contributed by atoms with van der Waals surface area (Å²) in [6, 6.07) is 7.67. The van der Waals surface area contributed by atoms with E-state index in [9.17, 15) is 0 Å². The van der Waals surface area contributed by atoms with Crippen LogP contribution in [0.4, 0.5) is 0 Å². The fourth-order valence-corrected chi connectivity index (χ4v) is 2.51. The van der Waals surface area contributed by atoms with Crippen LogP contribution in [0.15, 0.2) is 29.3 Å². The minimum absolute atomic E-state index is 0.00124. The van der Waals surface area contributed by atoms with Crippen LogP contribution in [0, 0.1) is 0 Å². The van der Waals surface area contributed by atoms with E-state index in [2.05, 4.69) is 21.9 Å². The highest BCUT2D eigenvalue weighted by Gasteiger charge is 2.09. The standard InChI is InChI=1S/C17H29N3O2S/c1-14(22-16-10-6-5-9-15(16)21-3)13-20-17(18-2)19-11-7-8-12-23-4/h5-6,9-10,14H,7-8,11-13H2,1-4H3,(H2,18,19,20). The van der Waals surface area contributed by atoms with Crippen molar-refractivity contribution in [1.82, 2.24) is 10.6 Å². The van der Waals surface area contributed by atoms with Crippen LogP contribution in [0.25, 0.3) is 0 Å². The quantitative estimate of drug-likeness (QED) is 0.390. The van der Waals surface area contributed by atoms with Gasteiger partial charge in [0.25, 0.3) is 0 Å². The number of aliphatic imine (C=N–C) groups is 1. The Morgan fingerprint density at radius 3 is 2.61 bits per heavy atom. The van der Waals surface area contributed by atoms with E-state index < -0.39 is 0 Å². The molecule has 0 bridgehead atoms. The number of rotatable bonds is 10. The van der Waals surface area contributed by atoms with Crippen molar-refractivity contribution in [2.24, 2.45) is 4.99 Å². The number of methoxy groups -OCH3 is 1. The zero-order valence-corrected chi connectivity index (χ0v) is 15.4. The smallest absolute Gasteiger partial charge is 0.191 e. The Hall–Kier alpha value is -1.56. The lowest BCUT2D eigenvalue weighted by Gasteiger charge is -2.19. The summed E-state index contributed by atoms with van der Waals surface area (Å²) in [5, 5.41) is 6.61. The minimum atomic E-state index is 0.00124. The van der Waals surface area contributed by atoms with Crippen LogP contribution in [0.3, 0.4) is 0 Å². The van der Waals surface area contributed by atoms with Gasteiger partial charge in [-0.2, -0.15) is 11.8 Å². The molecule has 0 amide bonds. The summed E-state index contributed by atoms with van der Waals surface area (Å²) in [6.45, 7) is 3.62. The monoisotopic (exact) mass is 339 g/mol. The number of unbranched alkanes of at least 4 members (excludes halogenated alkanes) is 1. The van der Waals surface area contributed by atoms with E-state index in [1.165, 1.54) is 12.2 Å². The van der Waals surface area contributed by atoms with Crippen molar-refractivity contribution in [3.05, 3.63) is 24.3 Å². The van der Waals surface area contributed by atoms with Crippen LogP contribution < -0.4 is 20.1 Å². The third kappa shape index (κ3) is 8.02. The molecule has 130 valence electrons. The maximum Gasteiger partial charge on any atom is 0.191 e. The number of thioether (sulfide) groups is 1. The Morgan fingerprint density at radius 2 is 1.96 bits per heavy atom. The summed E-state index contributed by atoms with van der Waals surface area (Å²) < 4.78 is 11.2. The molecule has 1 aromatic rings. The van der Waals surface area contributed by atoms with E-state index in [0.29, 0.717) is 6.54 Å². The van der Waals surface area contributed by atoms with Crippen molar-refractivity contribution in [2.75, 3.05) is 39.3 Å². The van der Waals surface area contributed by atoms with Gasteiger partial charge in [-0.05, 0) is 43.9 Å². The topological polar surface area (TPSA) is 54.9 Å². The second-order valence-electron chi connectivity index (χ2n) is 5.16. The van der Waals surface area contributed by atoms with Gasteiger partial charge in [0.2, 0.25) is 0 Å². The van der Waals surface area contributed by atoms with Gasteiger partial charge in [-0.1, -0.05) is 12.1 Å². The molecule has 6 heteroatoms. The number of hydrogen-bond donors (Lipinski definition) is 2. The van der Waals surface area contributed by atoms with Crippen molar-refractivity contribution in [3.8, 4) is 11.5 Å². The molecule has 0 heterocycles. The largest absolute Gasteiger partial charge is 0.493 e. The van der Waals surface area contributed by atoms with Crippen LogP contribution in [-0.2, 0) is 0 Å². The molecule has 0 saturated carbocycles. The molecule has 2 N–H and O–H groups in total. The fourth-order valence-electron chi connectivity index (χ4n) is 2.01. The molecule has 0 aliphatic rings. The van der Waals surface area contributed by atoms with Gasteiger partial charge in [-0.15, -0.1) is 0 Å². The first-order valence-corrected chi connectivity index (χ1v) is 9.33. The third-order valence-electron chi connectivity index (χ3n) is 3.25. The van der Waals surface area contributed by atoms with Crippen molar-refractivity contribution >= 4 is 17.7 Å². The molecular weight excluding hydrogens is 310 g/mol. The van der Waals surface area contributed by atoms with E-state index in [1.807, 2.05) is 43.0 Å². The highest BCUT2D eigenvalue weighted by molar-refractivity contribution is 7.98. The highest BCUT2D eigenvalue weighted by atomic mass is 32.2. The van der Waals surface area contributed by atoms with Crippen molar-refractivity contribution < 1.29 is 9.47 Å². The first-order chi connectivity index (χ1) is 11.2. The molecule has 0 saturated heterocycles. The molecule has 1 rings (SSSR count). The molecule has 1 aromatic carbocycles. The zero-order valence-electron chi connectivity index (χ0n) is 14.6. The average molecular weight is 340 g/mol. The van der Waals surface area contributed by atoms with Gasteiger partial charge >= 0.3 is 0 Å². The van der Waals surface area contributed by atoms with E-state index in [0.717, 1.165) is 30.4 Å². The number of para-hydroxylation sites is 2. The summed E-state index contributed by atoms with van der Waals surface area (Å²) in [4.78, 5) is 4.23. The first-order valence-electron chi connectivity index (χ1n) is 7.94. The van der Waals surface area contributed by atoms with Gasteiger partial charge in [-0.25, -0.2) is 0 Å². The lowest BCUT2D eigenvalue weighted by atomic mass is 10.3. The van der Waals surface area contributed by atoms with Crippen molar-refractivity contribution in [1.29, 1.82) is 0 Å². The summed E-state index contributed by atoms with van der Waals surface area (Å²) >= 11 is 1.88. The molecule has 0 aliphatic heterocycles. The SMILES string of the molecule is CN=C(NCCCCSC)NCC(C)Oc1ccccc1OC. The molecule has 0 spiro atoms. The van der Waals surface area contributed by atoms with E-state index in [1.54, 1.807) is 14.2 Å². The van der Waals surface area contributed by atoms with Crippen LogP contribution in [0.2, 0.25) is 0 Å². The molecule has 1 atom stereocenters. The molecule has 0 aromatic heterocycles. The van der Waals surface area contributed by atoms with E-state index in [4.69, 9.17) is 9.47 Å². The van der Waals surface area contributed by atoms with Gasteiger partial charge in [0, 0.05) is 13.6 Å². The summed E-state index contributed by atoms with van der Waals surface area (Å²) in [5.74, 6) is 3.52. The van der Waals surface area contributed by atoms with E-state index in [-0.39, 0.29) is 6.10 Å². The Bertz CT molecular complexity index is 469.